The molecule has 0 saturated heterocycles. The van der Waals surface area contributed by atoms with Gasteiger partial charge in [0, 0.05) is 43.3 Å². The topological polar surface area (TPSA) is 92.9 Å². The molecule has 1 saturated carbocycles. The number of aryl methyl sites for hydroxylation is 1. The Hall–Kier alpha value is -3.73. The van der Waals surface area contributed by atoms with Gasteiger partial charge in [-0.25, -0.2) is 22.9 Å². The van der Waals surface area contributed by atoms with Crippen molar-refractivity contribution >= 4 is 28.7 Å². The fraction of sp³-hybridized carbons (Fsp3) is 0.308. The number of hydrogen-bond donors (Lipinski definition) is 2. The predicted octanol–water partition coefficient (Wildman–Crippen LogP) is 7.08. The second-order valence-corrected chi connectivity index (χ2v) is 10.2. The summed E-state index contributed by atoms with van der Waals surface area (Å²) < 4.78 is 46.1. The van der Waals surface area contributed by atoms with Crippen LogP contribution in [0.2, 0.25) is 0 Å². The summed E-state index contributed by atoms with van der Waals surface area (Å²) >= 11 is 1.66. The number of rotatable bonds is 6. The number of anilines is 2. The minimum atomic E-state index is -1.20. The van der Waals surface area contributed by atoms with E-state index < -0.39 is 29.2 Å². The van der Waals surface area contributed by atoms with Crippen LogP contribution in [0, 0.1) is 30.3 Å². The van der Waals surface area contributed by atoms with Gasteiger partial charge in [-0.05, 0) is 49.3 Å². The average Bonchev–Trinajstić information content (AvgIpc) is 3.52. The predicted molar refractivity (Wildman–Crippen MR) is 134 cm³/mol. The van der Waals surface area contributed by atoms with Crippen molar-refractivity contribution in [2.45, 2.75) is 44.9 Å². The van der Waals surface area contributed by atoms with Crippen molar-refractivity contribution < 1.29 is 22.4 Å². The van der Waals surface area contributed by atoms with E-state index >= 15 is 0 Å². The number of aromatic nitrogens is 3. The van der Waals surface area contributed by atoms with Gasteiger partial charge in [-0.15, -0.1) is 21.5 Å². The molecule has 37 heavy (non-hydrogen) atoms. The van der Waals surface area contributed by atoms with E-state index in [1.54, 1.807) is 30.4 Å². The maximum absolute atomic E-state index is 13.8. The zero-order chi connectivity index (χ0) is 25.9. The van der Waals surface area contributed by atoms with Crippen LogP contribution < -0.4 is 10.6 Å². The second kappa shape index (κ2) is 10.7. The van der Waals surface area contributed by atoms with Gasteiger partial charge >= 0.3 is 6.03 Å². The van der Waals surface area contributed by atoms with Crippen molar-refractivity contribution in [3.8, 4) is 10.4 Å². The Balaban J connectivity index is 1.15. The van der Waals surface area contributed by atoms with E-state index in [2.05, 4.69) is 25.8 Å². The van der Waals surface area contributed by atoms with E-state index in [1.165, 1.54) is 0 Å². The Morgan fingerprint density at radius 1 is 1.03 bits per heavy atom. The van der Waals surface area contributed by atoms with E-state index in [1.807, 2.05) is 18.3 Å². The quantitative estimate of drug-likeness (QED) is 0.280. The van der Waals surface area contributed by atoms with Crippen molar-refractivity contribution in [3.63, 3.8) is 0 Å². The van der Waals surface area contributed by atoms with Crippen LogP contribution in [0.15, 0.2) is 47.0 Å². The van der Waals surface area contributed by atoms with Crippen LogP contribution >= 0.6 is 11.3 Å². The van der Waals surface area contributed by atoms with E-state index in [4.69, 9.17) is 4.42 Å². The summed E-state index contributed by atoms with van der Waals surface area (Å²) in [7, 11) is 0. The Kier molecular flexibility index (Phi) is 7.22. The molecule has 0 bridgehead atoms. The standard InChI is InChI=1S/C26H24F3N5O2S/c1-14-33-34-23(36-14)10-15-2-4-17(5-3-15)25-30-13-22(37-25)16-6-8-19(9-7-16)31-26(35)32-24-20(28)11-18(27)12-21(24)29/h6-9,11-13,15,17H,2-5,10H2,1H3,(H2,31,32,35). The maximum Gasteiger partial charge on any atom is 0.323 e. The van der Waals surface area contributed by atoms with Crippen molar-refractivity contribution in [1.29, 1.82) is 0 Å². The first kappa shape index (κ1) is 24.9. The summed E-state index contributed by atoms with van der Waals surface area (Å²) in [5, 5.41) is 13.7. The van der Waals surface area contributed by atoms with Gasteiger partial charge in [0.25, 0.3) is 0 Å². The molecule has 192 valence electrons. The highest BCUT2D eigenvalue weighted by Gasteiger charge is 2.26. The number of benzene rings is 2. The maximum atomic E-state index is 13.8. The molecule has 5 rings (SSSR count). The number of thiazole rings is 1. The lowest BCUT2D eigenvalue weighted by Crippen LogP contribution is -2.21. The number of carbonyl (C=O) groups excluding carboxylic acids is 1. The lowest BCUT2D eigenvalue weighted by Gasteiger charge is -2.26. The molecule has 7 nitrogen and oxygen atoms in total. The monoisotopic (exact) mass is 527 g/mol. The van der Waals surface area contributed by atoms with E-state index in [0.717, 1.165) is 47.6 Å². The van der Waals surface area contributed by atoms with Gasteiger partial charge in [-0.3, -0.25) is 0 Å². The largest absolute Gasteiger partial charge is 0.426 e. The normalized spacial score (nSPS) is 17.5. The first-order valence-corrected chi connectivity index (χ1v) is 12.7. The first-order chi connectivity index (χ1) is 17.8. The van der Waals surface area contributed by atoms with E-state index in [-0.39, 0.29) is 0 Å². The molecule has 1 aliphatic carbocycles. The summed E-state index contributed by atoms with van der Waals surface area (Å²) in [6.07, 6.45) is 7.01. The van der Waals surface area contributed by atoms with Gasteiger partial charge in [-0.2, -0.15) is 0 Å². The molecule has 0 unspecified atom stereocenters. The number of urea groups is 1. The smallest absolute Gasteiger partial charge is 0.323 e. The van der Waals surface area contributed by atoms with Crippen molar-refractivity contribution in [2.24, 2.45) is 5.92 Å². The minimum absolute atomic E-state index is 0.427. The van der Waals surface area contributed by atoms with Crippen LogP contribution in [-0.2, 0) is 6.42 Å². The van der Waals surface area contributed by atoms with E-state index in [0.29, 0.717) is 41.4 Å². The van der Waals surface area contributed by atoms with Crippen LogP contribution in [0.25, 0.3) is 10.4 Å². The molecule has 2 N–H and O–H groups in total. The molecule has 4 aromatic rings. The summed E-state index contributed by atoms with van der Waals surface area (Å²) in [4.78, 5) is 17.8. The molecule has 1 aliphatic rings. The molecule has 0 atom stereocenters. The number of amides is 2. The Morgan fingerprint density at radius 3 is 2.38 bits per heavy atom. The van der Waals surface area contributed by atoms with Gasteiger partial charge in [0.05, 0.1) is 9.88 Å². The van der Waals surface area contributed by atoms with Crippen LogP contribution in [0.1, 0.15) is 48.4 Å². The fourth-order valence-electron chi connectivity index (χ4n) is 4.55. The van der Waals surface area contributed by atoms with Crippen LogP contribution in [0.3, 0.4) is 0 Å². The van der Waals surface area contributed by atoms with Crippen molar-refractivity contribution in [1.82, 2.24) is 15.2 Å². The summed E-state index contributed by atoms with van der Waals surface area (Å²) in [6.45, 7) is 1.80. The number of halogens is 3. The lowest BCUT2D eigenvalue weighted by molar-refractivity contribution is 0.262. The fourth-order valence-corrected chi connectivity index (χ4v) is 5.64. The summed E-state index contributed by atoms with van der Waals surface area (Å²) in [6, 6.07) is 7.22. The number of hydrogen-bond acceptors (Lipinski definition) is 6. The van der Waals surface area contributed by atoms with Gasteiger partial charge in [0.2, 0.25) is 11.8 Å². The third-order valence-electron chi connectivity index (χ3n) is 6.42. The molecule has 1 fully saturated rings. The highest BCUT2D eigenvalue weighted by Crippen LogP contribution is 2.40. The minimum Gasteiger partial charge on any atom is -0.426 e. The Bertz CT molecular complexity index is 1370. The Labute approximate surface area is 215 Å². The third kappa shape index (κ3) is 5.99. The molecule has 0 radical (unpaired) electrons. The summed E-state index contributed by atoms with van der Waals surface area (Å²) in [5.74, 6) is -1.17. The lowest BCUT2D eigenvalue weighted by atomic mass is 9.81. The Morgan fingerprint density at radius 2 is 1.73 bits per heavy atom. The molecule has 2 aromatic heterocycles. The zero-order valence-electron chi connectivity index (χ0n) is 19.9. The number of nitrogens with zero attached hydrogens (tertiary/aromatic N) is 3. The molecule has 2 amide bonds. The molecular formula is C26H24F3N5O2S. The molecule has 2 aromatic carbocycles. The summed E-state index contributed by atoms with van der Waals surface area (Å²) in [5.41, 5.74) is 0.668. The SMILES string of the molecule is Cc1nnc(CC2CCC(c3ncc(-c4ccc(NC(=O)Nc5c(F)cc(F)cc5F)cc4)s3)CC2)o1. The van der Waals surface area contributed by atoms with E-state index in [9.17, 15) is 18.0 Å². The average molecular weight is 528 g/mol. The zero-order valence-corrected chi connectivity index (χ0v) is 20.7. The van der Waals surface area contributed by atoms with Crippen LogP contribution in [-0.4, -0.2) is 21.2 Å². The number of carbonyl (C=O) groups is 1. The first-order valence-electron chi connectivity index (χ1n) is 11.9. The molecule has 11 heteroatoms. The van der Waals surface area contributed by atoms with Crippen LogP contribution in [0.4, 0.5) is 29.3 Å². The second-order valence-electron chi connectivity index (χ2n) is 9.10. The highest BCUT2D eigenvalue weighted by molar-refractivity contribution is 7.15. The molecule has 0 aliphatic heterocycles. The van der Waals surface area contributed by atoms with Crippen molar-refractivity contribution in [3.05, 3.63) is 76.8 Å². The van der Waals surface area contributed by atoms with Crippen molar-refractivity contribution in [2.75, 3.05) is 10.6 Å². The molecule has 0 spiro atoms. The van der Waals surface area contributed by atoms with Crippen LogP contribution in [0.5, 0.6) is 0 Å². The number of nitrogens with one attached hydrogen (secondary N) is 2. The molecular weight excluding hydrogens is 503 g/mol. The van der Waals surface area contributed by atoms with Gasteiger partial charge in [0.1, 0.15) is 11.5 Å². The van der Waals surface area contributed by atoms with Gasteiger partial charge in [0.15, 0.2) is 11.6 Å². The highest BCUT2D eigenvalue weighted by atomic mass is 32.1. The third-order valence-corrected chi connectivity index (χ3v) is 7.63. The van der Waals surface area contributed by atoms with Gasteiger partial charge in [-0.1, -0.05) is 12.1 Å². The molecule has 2 heterocycles. The van der Waals surface area contributed by atoms with Gasteiger partial charge < -0.3 is 15.1 Å².